The molecule has 0 unspecified atom stereocenters. The van der Waals surface area contributed by atoms with Crippen molar-refractivity contribution in [1.29, 1.82) is 0 Å². The van der Waals surface area contributed by atoms with Gasteiger partial charge in [-0.2, -0.15) is 0 Å². The van der Waals surface area contributed by atoms with Gasteiger partial charge < -0.3 is 9.47 Å². The van der Waals surface area contributed by atoms with Crippen LogP contribution in [0.3, 0.4) is 0 Å². The molecule has 0 aromatic heterocycles. The lowest BCUT2D eigenvalue weighted by atomic mass is 10.2. The van der Waals surface area contributed by atoms with Crippen molar-refractivity contribution < 1.29 is 14.3 Å². The molecule has 0 aliphatic rings. The minimum absolute atomic E-state index is 0.348. The van der Waals surface area contributed by atoms with Gasteiger partial charge in [-0.3, -0.25) is 0 Å². The van der Waals surface area contributed by atoms with E-state index in [1.54, 1.807) is 31.2 Å². The maximum absolute atomic E-state index is 11.4. The van der Waals surface area contributed by atoms with E-state index in [4.69, 9.17) is 9.47 Å². The molecule has 0 bridgehead atoms. The molecule has 0 heterocycles. The standard InChI is InChI=1S/C11H12O3/c1-3-13-10-8-6-5-7-9(10)11(12)14-4-2/h3,5-8H,1,4H2,2H3. The highest BCUT2D eigenvalue weighted by Crippen LogP contribution is 2.18. The zero-order valence-corrected chi connectivity index (χ0v) is 8.03. The Labute approximate surface area is 83.0 Å². The van der Waals surface area contributed by atoms with Crippen molar-refractivity contribution in [3.05, 3.63) is 42.7 Å². The minimum Gasteiger partial charge on any atom is -0.465 e. The van der Waals surface area contributed by atoms with E-state index in [1.165, 1.54) is 6.26 Å². The van der Waals surface area contributed by atoms with Gasteiger partial charge in [0.15, 0.2) is 0 Å². The topological polar surface area (TPSA) is 35.5 Å². The molecule has 0 fully saturated rings. The first-order chi connectivity index (χ1) is 6.79. The minimum atomic E-state index is -0.384. The third-order valence-electron chi connectivity index (χ3n) is 1.59. The van der Waals surface area contributed by atoms with Crippen LogP contribution in [0.15, 0.2) is 37.1 Å². The second-order valence-electron chi connectivity index (χ2n) is 2.50. The first-order valence-corrected chi connectivity index (χ1v) is 4.33. The Morgan fingerprint density at radius 1 is 1.50 bits per heavy atom. The fraction of sp³-hybridized carbons (Fsp3) is 0.182. The number of benzene rings is 1. The Hall–Kier alpha value is -1.77. The molecule has 0 saturated heterocycles. The number of ether oxygens (including phenoxy) is 2. The van der Waals surface area contributed by atoms with Crippen LogP contribution in [0.4, 0.5) is 0 Å². The van der Waals surface area contributed by atoms with Crippen LogP contribution in [-0.2, 0) is 4.74 Å². The van der Waals surface area contributed by atoms with Crippen LogP contribution >= 0.6 is 0 Å². The molecule has 1 aromatic rings. The van der Waals surface area contributed by atoms with Crippen molar-refractivity contribution in [2.45, 2.75) is 6.92 Å². The molecule has 14 heavy (non-hydrogen) atoms. The van der Waals surface area contributed by atoms with Gasteiger partial charge in [-0.15, -0.1) is 0 Å². The number of carbonyl (C=O) groups is 1. The smallest absolute Gasteiger partial charge is 0.341 e. The Kier molecular flexibility index (Phi) is 3.73. The van der Waals surface area contributed by atoms with Crippen LogP contribution in [-0.4, -0.2) is 12.6 Å². The SMILES string of the molecule is C=COc1ccccc1C(=O)OCC. The molecule has 3 heteroatoms. The predicted molar refractivity (Wildman–Crippen MR) is 53.2 cm³/mol. The van der Waals surface area contributed by atoms with Crippen LogP contribution < -0.4 is 4.74 Å². The van der Waals surface area contributed by atoms with Crippen LogP contribution in [0.5, 0.6) is 5.75 Å². The number of rotatable bonds is 4. The van der Waals surface area contributed by atoms with Crippen molar-refractivity contribution in [3.8, 4) is 5.75 Å². The Bertz CT molecular complexity index is 331. The zero-order chi connectivity index (χ0) is 10.4. The molecule has 0 spiro atoms. The van der Waals surface area contributed by atoms with E-state index in [1.807, 2.05) is 0 Å². The number of esters is 1. The maximum atomic E-state index is 11.4. The van der Waals surface area contributed by atoms with Crippen LogP contribution in [0.2, 0.25) is 0 Å². The first-order valence-electron chi connectivity index (χ1n) is 4.33. The maximum Gasteiger partial charge on any atom is 0.341 e. The van der Waals surface area contributed by atoms with Crippen LogP contribution in [0.25, 0.3) is 0 Å². The average molecular weight is 192 g/mol. The molecule has 0 atom stereocenters. The normalized spacial score (nSPS) is 9.21. The summed E-state index contributed by atoms with van der Waals surface area (Å²) in [5.74, 6) is 0.0749. The number of para-hydroxylation sites is 1. The molecule has 0 aliphatic carbocycles. The van der Waals surface area contributed by atoms with Gasteiger partial charge in [-0.25, -0.2) is 4.79 Å². The summed E-state index contributed by atoms with van der Waals surface area (Å²) in [4.78, 5) is 11.4. The van der Waals surface area contributed by atoms with E-state index in [2.05, 4.69) is 6.58 Å². The molecule has 74 valence electrons. The van der Waals surface area contributed by atoms with Gasteiger partial charge in [0.05, 0.1) is 12.9 Å². The van der Waals surface area contributed by atoms with Crippen molar-refractivity contribution in [1.82, 2.24) is 0 Å². The summed E-state index contributed by atoms with van der Waals surface area (Å²) in [6.45, 7) is 5.54. The summed E-state index contributed by atoms with van der Waals surface area (Å²) in [5.41, 5.74) is 0.411. The quantitative estimate of drug-likeness (QED) is 0.542. The van der Waals surface area contributed by atoms with Crippen LogP contribution in [0.1, 0.15) is 17.3 Å². The summed E-state index contributed by atoms with van der Waals surface area (Å²) in [6.07, 6.45) is 1.28. The largest absolute Gasteiger partial charge is 0.465 e. The fourth-order valence-corrected chi connectivity index (χ4v) is 1.04. The summed E-state index contributed by atoms with van der Waals surface area (Å²) in [5, 5.41) is 0. The van der Waals surface area contributed by atoms with Gasteiger partial charge in [0.2, 0.25) is 0 Å². The van der Waals surface area contributed by atoms with E-state index >= 15 is 0 Å². The molecule has 0 saturated carbocycles. The lowest BCUT2D eigenvalue weighted by molar-refractivity contribution is 0.0523. The third-order valence-corrected chi connectivity index (χ3v) is 1.59. The molecule has 1 aromatic carbocycles. The molecule has 0 amide bonds. The monoisotopic (exact) mass is 192 g/mol. The van der Waals surface area contributed by atoms with Crippen molar-refractivity contribution in [2.75, 3.05) is 6.61 Å². The summed E-state index contributed by atoms with van der Waals surface area (Å²) in [6, 6.07) is 6.87. The highest BCUT2D eigenvalue weighted by atomic mass is 16.5. The van der Waals surface area contributed by atoms with Gasteiger partial charge >= 0.3 is 5.97 Å². The molecule has 0 aliphatic heterocycles. The van der Waals surface area contributed by atoms with E-state index in [-0.39, 0.29) is 5.97 Å². The third kappa shape index (κ3) is 2.36. The van der Waals surface area contributed by atoms with Crippen LogP contribution in [0, 0.1) is 0 Å². The van der Waals surface area contributed by atoms with Crippen molar-refractivity contribution >= 4 is 5.97 Å². The van der Waals surface area contributed by atoms with Crippen molar-refractivity contribution in [2.24, 2.45) is 0 Å². The van der Waals surface area contributed by atoms with Gasteiger partial charge in [0, 0.05) is 0 Å². The van der Waals surface area contributed by atoms with Gasteiger partial charge in [0.25, 0.3) is 0 Å². The van der Waals surface area contributed by atoms with E-state index in [0.717, 1.165) is 0 Å². The van der Waals surface area contributed by atoms with E-state index in [0.29, 0.717) is 17.9 Å². The number of carbonyl (C=O) groups excluding carboxylic acids is 1. The number of hydrogen-bond acceptors (Lipinski definition) is 3. The first kappa shape index (κ1) is 10.3. The molecule has 0 N–H and O–H groups in total. The lowest BCUT2D eigenvalue weighted by Crippen LogP contribution is -2.06. The second-order valence-corrected chi connectivity index (χ2v) is 2.50. The molecular weight excluding hydrogens is 180 g/mol. The summed E-state index contributed by atoms with van der Waals surface area (Å²) < 4.78 is 9.93. The molecular formula is C11H12O3. The van der Waals surface area contributed by atoms with Gasteiger partial charge in [0.1, 0.15) is 11.3 Å². The summed E-state index contributed by atoms with van der Waals surface area (Å²) >= 11 is 0. The zero-order valence-electron chi connectivity index (χ0n) is 8.03. The highest BCUT2D eigenvalue weighted by Gasteiger charge is 2.11. The van der Waals surface area contributed by atoms with Gasteiger partial charge in [-0.1, -0.05) is 18.7 Å². The molecule has 1 rings (SSSR count). The highest BCUT2D eigenvalue weighted by molar-refractivity contribution is 5.92. The lowest BCUT2D eigenvalue weighted by Gasteiger charge is -2.06. The Morgan fingerprint density at radius 2 is 2.21 bits per heavy atom. The second kappa shape index (κ2) is 5.07. The predicted octanol–water partition coefficient (Wildman–Crippen LogP) is 2.39. The Balaban J connectivity index is 2.93. The summed E-state index contributed by atoms with van der Waals surface area (Å²) in [7, 11) is 0. The van der Waals surface area contributed by atoms with Gasteiger partial charge in [-0.05, 0) is 19.1 Å². The van der Waals surface area contributed by atoms with E-state index in [9.17, 15) is 4.79 Å². The Morgan fingerprint density at radius 3 is 2.86 bits per heavy atom. The molecule has 0 radical (unpaired) electrons. The van der Waals surface area contributed by atoms with E-state index < -0.39 is 0 Å². The van der Waals surface area contributed by atoms with Crippen molar-refractivity contribution in [3.63, 3.8) is 0 Å². The average Bonchev–Trinajstić information content (AvgIpc) is 2.19. The fourth-order valence-electron chi connectivity index (χ4n) is 1.04. The molecule has 3 nitrogen and oxygen atoms in total. The number of hydrogen-bond donors (Lipinski definition) is 0.